The van der Waals surface area contributed by atoms with E-state index in [1.165, 1.54) is 35.2 Å². The molecule has 1 N–H and O–H groups in total. The lowest BCUT2D eigenvalue weighted by Crippen LogP contribution is -2.32. The summed E-state index contributed by atoms with van der Waals surface area (Å²) in [6, 6.07) is 27.3. The molecule has 0 aliphatic carbocycles. The minimum Gasteiger partial charge on any atom is -0.379 e. The van der Waals surface area contributed by atoms with E-state index >= 15 is 0 Å². The van der Waals surface area contributed by atoms with Crippen molar-refractivity contribution >= 4 is 32.9 Å². The van der Waals surface area contributed by atoms with E-state index in [2.05, 4.69) is 34.5 Å². The van der Waals surface area contributed by atoms with Gasteiger partial charge in [0, 0.05) is 25.7 Å². The highest BCUT2D eigenvalue weighted by Gasteiger charge is 2.20. The Bertz CT molecular complexity index is 1720. The number of amides is 1. The van der Waals surface area contributed by atoms with Gasteiger partial charge < -0.3 is 9.50 Å². The predicted molar refractivity (Wildman–Crippen MR) is 160 cm³/mol. The fourth-order valence-corrected chi connectivity index (χ4v) is 5.84. The zero-order valence-corrected chi connectivity index (χ0v) is 23.4. The van der Waals surface area contributed by atoms with Crippen LogP contribution < -0.4 is 9.50 Å². The molecule has 7 nitrogen and oxygen atoms in total. The maximum absolute atomic E-state index is 12.7. The molecule has 1 amide bonds. The van der Waals surface area contributed by atoms with Gasteiger partial charge in [0.05, 0.1) is 11.6 Å². The molecule has 0 aromatic heterocycles. The van der Waals surface area contributed by atoms with Crippen LogP contribution in [0.4, 0.5) is 0 Å². The summed E-state index contributed by atoms with van der Waals surface area (Å²) in [6.07, 6.45) is 6.10. The molecule has 4 aromatic rings. The summed E-state index contributed by atoms with van der Waals surface area (Å²) >= 11 is 0. The van der Waals surface area contributed by atoms with Crippen LogP contribution in [0.25, 0.3) is 16.8 Å². The Hall–Kier alpha value is -4.45. The van der Waals surface area contributed by atoms with Gasteiger partial charge in [0.1, 0.15) is 10.6 Å². The molecule has 0 atom stereocenters. The van der Waals surface area contributed by atoms with Crippen LogP contribution in [0.1, 0.15) is 35.1 Å². The van der Waals surface area contributed by atoms with Gasteiger partial charge in [-0.3, -0.25) is 9.69 Å². The second-order valence-electron chi connectivity index (χ2n) is 10.1. The summed E-state index contributed by atoms with van der Waals surface area (Å²) in [5.41, 5.74) is 3.62. The number of rotatable bonds is 10. The number of hydrogen-bond donors (Lipinski definition) is 1. The number of nitrogens with one attached hydrogen (secondary N) is 1. The van der Waals surface area contributed by atoms with Crippen LogP contribution >= 0.6 is 0 Å². The average Bonchev–Trinajstić information content (AvgIpc) is 2.99. The van der Waals surface area contributed by atoms with Crippen LogP contribution in [0, 0.1) is 11.3 Å². The number of nitriles is 1. The van der Waals surface area contributed by atoms with E-state index in [0.717, 1.165) is 48.9 Å². The van der Waals surface area contributed by atoms with E-state index in [4.69, 9.17) is 9.44 Å². The van der Waals surface area contributed by atoms with E-state index < -0.39 is 10.1 Å². The number of hydrogen-bond acceptors (Lipinski definition) is 6. The minimum atomic E-state index is -4.00. The summed E-state index contributed by atoms with van der Waals surface area (Å²) < 4.78 is 30.8. The first kappa shape index (κ1) is 28.1. The summed E-state index contributed by atoms with van der Waals surface area (Å²) in [5, 5.41) is 14.2. The molecule has 0 fully saturated rings. The van der Waals surface area contributed by atoms with E-state index in [1.54, 1.807) is 18.2 Å². The molecule has 208 valence electrons. The molecule has 8 heteroatoms. The summed E-state index contributed by atoms with van der Waals surface area (Å²) in [7, 11) is -4.00. The molecule has 1 heterocycles. The fraction of sp³-hybridized carbons (Fsp3) is 0.212. The molecule has 1 aliphatic heterocycles. The number of nitrogens with zero attached hydrogens (tertiary/aromatic N) is 2. The van der Waals surface area contributed by atoms with Crippen molar-refractivity contribution in [3.63, 3.8) is 0 Å². The van der Waals surface area contributed by atoms with Gasteiger partial charge in [-0.05, 0) is 102 Å². The molecular weight excluding hydrogens is 534 g/mol. The van der Waals surface area contributed by atoms with Crippen LogP contribution in [-0.2, 0) is 27.9 Å². The number of carbonyl (C=O) groups excluding carboxylic acids is 1. The first-order valence-corrected chi connectivity index (χ1v) is 15.0. The minimum absolute atomic E-state index is 0.00659. The highest BCUT2D eigenvalue weighted by Crippen LogP contribution is 2.26. The van der Waals surface area contributed by atoms with Crippen molar-refractivity contribution < 1.29 is 17.4 Å². The lowest BCUT2D eigenvalue weighted by molar-refractivity contribution is -0.116. The van der Waals surface area contributed by atoms with Crippen LogP contribution in [0.15, 0.2) is 95.9 Å². The zero-order chi connectivity index (χ0) is 28.7. The highest BCUT2D eigenvalue weighted by atomic mass is 32.2. The van der Waals surface area contributed by atoms with Gasteiger partial charge in [0.25, 0.3) is 0 Å². The van der Waals surface area contributed by atoms with Crippen molar-refractivity contribution in [3.05, 3.63) is 113 Å². The summed E-state index contributed by atoms with van der Waals surface area (Å²) in [6.45, 7) is 3.13. The van der Waals surface area contributed by atoms with Crippen molar-refractivity contribution in [3.8, 4) is 11.8 Å². The molecule has 41 heavy (non-hydrogen) atoms. The summed E-state index contributed by atoms with van der Waals surface area (Å²) in [4.78, 5) is 14.6. The Labute approximate surface area is 240 Å². The van der Waals surface area contributed by atoms with Gasteiger partial charge in [-0.25, -0.2) is 0 Å². The zero-order valence-electron chi connectivity index (χ0n) is 22.6. The first-order valence-electron chi connectivity index (χ1n) is 13.6. The maximum Gasteiger partial charge on any atom is 0.339 e. The molecule has 1 aliphatic rings. The Balaban J connectivity index is 1.06. The lowest BCUT2D eigenvalue weighted by Gasteiger charge is -2.29. The molecular formula is C33H31N3O4S. The maximum atomic E-state index is 12.7. The van der Waals surface area contributed by atoms with Crippen LogP contribution in [-0.4, -0.2) is 38.9 Å². The average molecular weight is 566 g/mol. The Morgan fingerprint density at radius 3 is 2.56 bits per heavy atom. The first-order chi connectivity index (χ1) is 19.9. The number of unbranched alkanes of at least 4 members (excludes halogenated alkanes) is 1. The standard InChI is InChI=1S/C33H31N3O4S/c34-23-26-8-14-32(15-9-26)41(38,39)40-31-13-12-28-17-20-36(24-30(28)22-31)19-4-3-18-35-33(37)16-10-25-7-11-27-5-1-2-6-29(27)21-25/h1-2,5-16,21-22H,3-4,17-20,24H2,(H,35,37)/b16-10+. The smallest absolute Gasteiger partial charge is 0.339 e. The monoisotopic (exact) mass is 565 g/mol. The van der Waals surface area contributed by atoms with Crippen molar-refractivity contribution in [2.24, 2.45) is 0 Å². The molecule has 0 spiro atoms. The molecule has 0 saturated heterocycles. The third kappa shape index (κ3) is 7.40. The van der Waals surface area contributed by atoms with Crippen molar-refractivity contribution in [2.75, 3.05) is 19.6 Å². The number of carbonyl (C=O) groups is 1. The van der Waals surface area contributed by atoms with Crippen LogP contribution in [0.2, 0.25) is 0 Å². The molecule has 0 radical (unpaired) electrons. The van der Waals surface area contributed by atoms with Gasteiger partial charge in [-0.15, -0.1) is 0 Å². The van der Waals surface area contributed by atoms with E-state index in [-0.39, 0.29) is 16.6 Å². The summed E-state index contributed by atoms with van der Waals surface area (Å²) in [5.74, 6) is 0.169. The van der Waals surface area contributed by atoms with Gasteiger partial charge in [-0.1, -0.05) is 42.5 Å². The number of fused-ring (bicyclic) bond motifs is 2. The van der Waals surface area contributed by atoms with Crippen molar-refractivity contribution in [1.82, 2.24) is 10.2 Å². The number of benzene rings is 4. The normalized spacial score (nSPS) is 13.5. The molecule has 0 saturated carbocycles. The second-order valence-corrected chi connectivity index (χ2v) is 11.6. The third-order valence-electron chi connectivity index (χ3n) is 7.15. The third-order valence-corrected chi connectivity index (χ3v) is 8.41. The quantitative estimate of drug-likeness (QED) is 0.156. The van der Waals surface area contributed by atoms with Gasteiger partial charge in [0.2, 0.25) is 5.91 Å². The SMILES string of the molecule is N#Cc1ccc(S(=O)(=O)Oc2ccc3c(c2)CN(CCCCNC(=O)/C=C/c2ccc4ccccc4c2)CC3)cc1. The highest BCUT2D eigenvalue weighted by molar-refractivity contribution is 7.87. The topological polar surface area (TPSA) is 99.5 Å². The molecule has 0 unspecified atom stereocenters. The van der Waals surface area contributed by atoms with Crippen LogP contribution in [0.3, 0.4) is 0 Å². The molecule has 5 rings (SSSR count). The lowest BCUT2D eigenvalue weighted by atomic mass is 9.99. The van der Waals surface area contributed by atoms with E-state index in [9.17, 15) is 13.2 Å². The van der Waals surface area contributed by atoms with E-state index in [1.807, 2.05) is 36.4 Å². The molecule has 0 bridgehead atoms. The van der Waals surface area contributed by atoms with Gasteiger partial charge >= 0.3 is 10.1 Å². The van der Waals surface area contributed by atoms with Gasteiger partial charge in [-0.2, -0.15) is 13.7 Å². The van der Waals surface area contributed by atoms with Gasteiger partial charge in [0.15, 0.2) is 0 Å². The van der Waals surface area contributed by atoms with Crippen LogP contribution in [0.5, 0.6) is 5.75 Å². The Morgan fingerprint density at radius 2 is 1.76 bits per heavy atom. The molecule has 4 aromatic carbocycles. The van der Waals surface area contributed by atoms with Crippen molar-refractivity contribution in [1.29, 1.82) is 5.26 Å². The Morgan fingerprint density at radius 1 is 0.951 bits per heavy atom. The fourth-order valence-electron chi connectivity index (χ4n) is 4.92. The van der Waals surface area contributed by atoms with Crippen molar-refractivity contribution in [2.45, 2.75) is 30.7 Å². The second kappa shape index (κ2) is 12.8. The Kier molecular flexibility index (Phi) is 8.78. The predicted octanol–water partition coefficient (Wildman–Crippen LogP) is 5.45. The van der Waals surface area contributed by atoms with E-state index in [0.29, 0.717) is 18.7 Å². The largest absolute Gasteiger partial charge is 0.379 e.